The van der Waals surface area contributed by atoms with E-state index in [-0.39, 0.29) is 12.1 Å². The lowest BCUT2D eigenvalue weighted by Gasteiger charge is -2.28. The van der Waals surface area contributed by atoms with Crippen molar-refractivity contribution >= 4 is 5.97 Å². The minimum atomic E-state index is 0.0657. The lowest BCUT2D eigenvalue weighted by atomic mass is 10.0. The molecule has 3 nitrogen and oxygen atoms in total. The molecule has 0 aromatic rings. The number of hydrogen-bond donors (Lipinski definition) is 0. The first-order chi connectivity index (χ1) is 23.2. The van der Waals surface area contributed by atoms with Gasteiger partial charge in [0.25, 0.3) is 0 Å². The summed E-state index contributed by atoms with van der Waals surface area (Å²) in [6.07, 6.45) is 45.9. The molecule has 47 heavy (non-hydrogen) atoms. The van der Waals surface area contributed by atoms with Crippen LogP contribution in [0.25, 0.3) is 0 Å². The molecule has 0 aliphatic rings. The van der Waals surface area contributed by atoms with Crippen molar-refractivity contribution in [1.29, 1.82) is 0 Å². The van der Waals surface area contributed by atoms with Gasteiger partial charge in [0.05, 0.1) is 0 Å². The van der Waals surface area contributed by atoms with Crippen LogP contribution in [-0.4, -0.2) is 36.6 Å². The van der Waals surface area contributed by atoms with Crippen LogP contribution in [0.5, 0.6) is 0 Å². The Morgan fingerprint density at radius 1 is 0.404 bits per heavy atom. The van der Waals surface area contributed by atoms with Crippen LogP contribution >= 0.6 is 0 Å². The summed E-state index contributed by atoms with van der Waals surface area (Å²) in [6, 6.07) is 0. The van der Waals surface area contributed by atoms with E-state index in [2.05, 4.69) is 32.6 Å². The van der Waals surface area contributed by atoms with E-state index in [1.165, 1.54) is 219 Å². The van der Waals surface area contributed by atoms with E-state index in [1.807, 2.05) is 0 Å². The van der Waals surface area contributed by atoms with E-state index >= 15 is 0 Å². The highest BCUT2D eigenvalue weighted by Crippen LogP contribution is 2.17. The second-order valence-corrected chi connectivity index (χ2v) is 15.2. The molecule has 0 rings (SSSR count). The largest absolute Gasteiger partial charge is 0.461 e. The van der Waals surface area contributed by atoms with E-state index < -0.39 is 0 Å². The lowest BCUT2D eigenvalue weighted by Crippen LogP contribution is -2.36. The molecule has 1 unspecified atom stereocenters. The highest BCUT2D eigenvalue weighted by atomic mass is 16.5. The molecule has 0 N–H and O–H groups in total. The van der Waals surface area contributed by atoms with E-state index in [9.17, 15) is 4.79 Å². The quantitative estimate of drug-likeness (QED) is 0.0482. The predicted molar refractivity (Wildman–Crippen MR) is 211 cm³/mol. The minimum absolute atomic E-state index is 0.0657. The number of unbranched alkanes of at least 4 members (excludes halogenated alkanes) is 29. The molecule has 0 spiro atoms. The molecule has 0 aliphatic carbocycles. The van der Waals surface area contributed by atoms with E-state index in [0.717, 1.165) is 19.4 Å². The number of carbonyl (C=O) groups excluding carboxylic acids is 1. The summed E-state index contributed by atoms with van der Waals surface area (Å²) >= 11 is 0. The molecule has 0 saturated carbocycles. The Balaban J connectivity index is 4.74. The molecule has 0 amide bonds. The minimum Gasteiger partial charge on any atom is -0.461 e. The second kappa shape index (κ2) is 39.9. The highest BCUT2D eigenvalue weighted by Gasteiger charge is 2.18. The fourth-order valence-corrected chi connectivity index (χ4v) is 7.04. The number of hydrogen-bond acceptors (Lipinski definition) is 3. The first-order valence-electron chi connectivity index (χ1n) is 22.1. The zero-order valence-corrected chi connectivity index (χ0v) is 33.2. The van der Waals surface area contributed by atoms with Crippen molar-refractivity contribution in [3.8, 4) is 0 Å². The monoisotopic (exact) mass is 664 g/mol. The van der Waals surface area contributed by atoms with Crippen molar-refractivity contribution < 1.29 is 9.53 Å². The van der Waals surface area contributed by atoms with Gasteiger partial charge in [0, 0.05) is 13.0 Å². The van der Waals surface area contributed by atoms with Crippen LogP contribution in [0, 0.1) is 0 Å². The Kier molecular flexibility index (Phi) is 39.4. The van der Waals surface area contributed by atoms with Gasteiger partial charge in [0.1, 0.15) is 6.10 Å². The average molecular weight is 664 g/mol. The maximum atomic E-state index is 13.0. The smallest absolute Gasteiger partial charge is 0.306 e. The van der Waals surface area contributed by atoms with Crippen LogP contribution in [0.15, 0.2) is 0 Å². The van der Waals surface area contributed by atoms with Gasteiger partial charge in [-0.25, -0.2) is 0 Å². The second-order valence-electron chi connectivity index (χ2n) is 15.2. The Morgan fingerprint density at radius 2 is 0.702 bits per heavy atom. The van der Waals surface area contributed by atoms with Gasteiger partial charge >= 0.3 is 5.97 Å². The normalized spacial score (nSPS) is 12.3. The fraction of sp³-hybridized carbons (Fsp3) is 0.977. The highest BCUT2D eigenvalue weighted by molar-refractivity contribution is 5.69. The third kappa shape index (κ3) is 36.5. The molecule has 0 aromatic carbocycles. The molecule has 1 atom stereocenters. The summed E-state index contributed by atoms with van der Waals surface area (Å²) in [5.41, 5.74) is 0. The van der Waals surface area contributed by atoms with Crippen molar-refractivity contribution in [2.45, 2.75) is 259 Å². The molecule has 3 heteroatoms. The summed E-state index contributed by atoms with van der Waals surface area (Å²) < 4.78 is 6.29. The van der Waals surface area contributed by atoms with Crippen molar-refractivity contribution in [3.63, 3.8) is 0 Å². The Morgan fingerprint density at radius 3 is 1.06 bits per heavy atom. The van der Waals surface area contributed by atoms with Crippen LogP contribution < -0.4 is 0 Å². The van der Waals surface area contributed by atoms with Gasteiger partial charge in [-0.2, -0.15) is 0 Å². The van der Waals surface area contributed by atoms with Gasteiger partial charge < -0.3 is 4.74 Å². The zero-order chi connectivity index (χ0) is 34.3. The zero-order valence-electron chi connectivity index (χ0n) is 33.2. The number of carbonyl (C=O) groups is 1. The van der Waals surface area contributed by atoms with Gasteiger partial charge in [-0.15, -0.1) is 0 Å². The van der Waals surface area contributed by atoms with Crippen molar-refractivity contribution in [2.24, 2.45) is 0 Å². The standard InChI is InChI=1S/C44H89NO2/c1-5-9-13-17-21-23-24-25-27-28-30-34-38-43(47-44(46)39-35-31-29-26-22-18-14-10-6-2)42-45(40-36-32-19-15-11-7-3)41-37-33-20-16-12-8-4/h43H,5-42H2,1-4H3. The van der Waals surface area contributed by atoms with Gasteiger partial charge in [0.15, 0.2) is 0 Å². The molecule has 0 heterocycles. The molecule has 0 radical (unpaired) electrons. The summed E-state index contributed by atoms with van der Waals surface area (Å²) in [5.74, 6) is 0.0657. The molecule has 0 aromatic heterocycles. The van der Waals surface area contributed by atoms with Crippen LogP contribution in [0.1, 0.15) is 252 Å². The molecule has 282 valence electrons. The first kappa shape index (κ1) is 46.4. The first-order valence-corrected chi connectivity index (χ1v) is 22.1. The van der Waals surface area contributed by atoms with Gasteiger partial charge in [-0.1, -0.05) is 214 Å². The summed E-state index contributed by atoms with van der Waals surface area (Å²) in [4.78, 5) is 15.7. The maximum absolute atomic E-state index is 13.0. The topological polar surface area (TPSA) is 29.5 Å². The average Bonchev–Trinajstić information content (AvgIpc) is 3.07. The SMILES string of the molecule is CCCCCCCCCCCCCCC(CN(CCCCCCCC)CCCCCCCC)OC(=O)CCCCCCCCCCC. The van der Waals surface area contributed by atoms with Crippen LogP contribution in [0.4, 0.5) is 0 Å². The molecular formula is C44H89NO2. The van der Waals surface area contributed by atoms with Crippen molar-refractivity contribution in [2.75, 3.05) is 19.6 Å². The van der Waals surface area contributed by atoms with Gasteiger partial charge in [0.2, 0.25) is 0 Å². The van der Waals surface area contributed by atoms with Gasteiger partial charge in [-0.05, 0) is 45.2 Å². The molecular weight excluding hydrogens is 574 g/mol. The predicted octanol–water partition coefficient (Wildman–Crippen LogP) is 14.9. The van der Waals surface area contributed by atoms with E-state index in [4.69, 9.17) is 4.74 Å². The van der Waals surface area contributed by atoms with Crippen LogP contribution in [-0.2, 0) is 9.53 Å². The van der Waals surface area contributed by atoms with Crippen LogP contribution in [0.3, 0.4) is 0 Å². The lowest BCUT2D eigenvalue weighted by molar-refractivity contribution is -0.150. The Bertz CT molecular complexity index is 577. The fourth-order valence-electron chi connectivity index (χ4n) is 7.04. The maximum Gasteiger partial charge on any atom is 0.306 e. The number of ether oxygens (including phenoxy) is 1. The molecule has 0 fully saturated rings. The Labute approximate surface area is 297 Å². The van der Waals surface area contributed by atoms with Gasteiger partial charge in [-0.3, -0.25) is 9.69 Å². The third-order valence-electron chi connectivity index (χ3n) is 10.3. The number of nitrogens with zero attached hydrogens (tertiary/aromatic N) is 1. The Hall–Kier alpha value is -0.570. The van der Waals surface area contributed by atoms with Crippen molar-refractivity contribution in [3.05, 3.63) is 0 Å². The van der Waals surface area contributed by atoms with E-state index in [0.29, 0.717) is 6.42 Å². The number of esters is 1. The summed E-state index contributed by atoms with van der Waals surface area (Å²) in [6.45, 7) is 12.5. The third-order valence-corrected chi connectivity index (χ3v) is 10.3. The van der Waals surface area contributed by atoms with Crippen molar-refractivity contribution in [1.82, 2.24) is 4.90 Å². The summed E-state index contributed by atoms with van der Waals surface area (Å²) in [5, 5.41) is 0. The van der Waals surface area contributed by atoms with Crippen LogP contribution in [0.2, 0.25) is 0 Å². The molecule has 0 saturated heterocycles. The number of rotatable bonds is 40. The summed E-state index contributed by atoms with van der Waals surface area (Å²) in [7, 11) is 0. The molecule has 0 bridgehead atoms. The van der Waals surface area contributed by atoms with E-state index in [1.54, 1.807) is 0 Å². The molecule has 0 aliphatic heterocycles.